The Balaban J connectivity index is 1.29. The second-order valence-electron chi connectivity index (χ2n) is 9.56. The van der Waals surface area contributed by atoms with E-state index < -0.39 is 5.60 Å². The van der Waals surface area contributed by atoms with Crippen molar-refractivity contribution in [2.75, 3.05) is 51.3 Å². The Bertz CT molecular complexity index is 863. The minimum atomic E-state index is -0.856. The monoisotopic (exact) mass is 414 g/mol. The Hall–Kier alpha value is -1.96. The van der Waals surface area contributed by atoms with Crippen LogP contribution in [0.5, 0.6) is 0 Å². The number of aromatic nitrogens is 2. The lowest BCUT2D eigenvalue weighted by atomic mass is 9.86. The minimum absolute atomic E-state index is 0.632. The highest BCUT2D eigenvalue weighted by atomic mass is 16.6. The van der Waals surface area contributed by atoms with Gasteiger partial charge in [0, 0.05) is 38.7 Å². The van der Waals surface area contributed by atoms with Gasteiger partial charge in [-0.05, 0) is 67.7 Å². The Labute approximate surface area is 178 Å². The number of rotatable bonds is 10. The summed E-state index contributed by atoms with van der Waals surface area (Å²) in [7, 11) is 2.18. The Morgan fingerprint density at radius 1 is 1.27 bits per heavy atom. The molecule has 2 aliphatic rings. The molecule has 4 rings (SSSR count). The summed E-state index contributed by atoms with van der Waals surface area (Å²) in [5.74, 6) is 1.44. The van der Waals surface area contributed by atoms with Gasteiger partial charge in [0.2, 0.25) is 0 Å². The Morgan fingerprint density at radius 2 is 2.07 bits per heavy atom. The summed E-state index contributed by atoms with van der Waals surface area (Å²) in [6.07, 6.45) is 7.77. The first-order valence-corrected chi connectivity index (χ1v) is 11.1. The number of ether oxygens (including phenoxy) is 1. The zero-order chi connectivity index (χ0) is 21.1. The molecule has 164 valence electrons. The van der Waals surface area contributed by atoms with Crippen LogP contribution >= 0.6 is 0 Å². The number of nitrogens with zero attached hydrogens (tertiary/aromatic N) is 4. The van der Waals surface area contributed by atoms with Crippen LogP contribution in [-0.2, 0) is 4.74 Å². The van der Waals surface area contributed by atoms with Crippen LogP contribution in [0, 0.1) is 11.8 Å². The van der Waals surface area contributed by atoms with E-state index in [0.717, 1.165) is 67.6 Å². The summed E-state index contributed by atoms with van der Waals surface area (Å²) in [5.41, 5.74) is 2.72. The van der Waals surface area contributed by atoms with Crippen LogP contribution in [0.2, 0.25) is 0 Å². The van der Waals surface area contributed by atoms with Crippen molar-refractivity contribution < 1.29 is 14.5 Å². The van der Waals surface area contributed by atoms with Gasteiger partial charge in [-0.3, -0.25) is 0 Å². The molecule has 0 spiro atoms. The fraction of sp³-hybridized carbons (Fsp3) is 0.652. The van der Waals surface area contributed by atoms with E-state index in [4.69, 9.17) is 9.37 Å². The maximum atomic E-state index is 9.97. The van der Waals surface area contributed by atoms with Crippen LogP contribution in [-0.4, -0.2) is 72.4 Å². The third kappa shape index (κ3) is 5.39. The lowest BCUT2D eigenvalue weighted by Crippen LogP contribution is -2.51. The molecule has 7 nitrogen and oxygen atoms in total. The summed E-state index contributed by atoms with van der Waals surface area (Å²) in [5, 5.41) is 18.1. The van der Waals surface area contributed by atoms with Crippen LogP contribution in [0.3, 0.4) is 0 Å². The lowest BCUT2D eigenvalue weighted by Gasteiger charge is -2.42. The van der Waals surface area contributed by atoms with Crippen LogP contribution < -0.4 is 4.90 Å². The quantitative estimate of drug-likeness (QED) is 0.599. The molecule has 1 aliphatic heterocycles. The van der Waals surface area contributed by atoms with Crippen molar-refractivity contribution in [3.05, 3.63) is 23.8 Å². The molecule has 0 unspecified atom stereocenters. The number of likely N-dealkylation sites (N-methyl/N-ethyl adjacent to an activating group) is 1. The highest BCUT2D eigenvalue weighted by Crippen LogP contribution is 2.32. The molecular weight excluding hydrogens is 380 g/mol. The van der Waals surface area contributed by atoms with Gasteiger partial charge in [0.15, 0.2) is 5.52 Å². The molecular formula is C23H34N4O3. The molecule has 2 aromatic rings. The van der Waals surface area contributed by atoms with E-state index in [9.17, 15) is 5.11 Å². The van der Waals surface area contributed by atoms with Crippen molar-refractivity contribution in [1.82, 2.24) is 15.2 Å². The van der Waals surface area contributed by atoms with Gasteiger partial charge in [-0.1, -0.05) is 18.6 Å². The van der Waals surface area contributed by atoms with E-state index in [0.29, 0.717) is 5.92 Å². The van der Waals surface area contributed by atoms with Gasteiger partial charge >= 0.3 is 0 Å². The highest BCUT2D eigenvalue weighted by molar-refractivity contribution is 5.90. The first-order valence-electron chi connectivity index (χ1n) is 11.1. The molecule has 2 heterocycles. The molecule has 0 bridgehead atoms. The number of aliphatic hydroxyl groups is 1. The second kappa shape index (κ2) is 9.04. The van der Waals surface area contributed by atoms with Crippen molar-refractivity contribution in [3.63, 3.8) is 0 Å². The molecule has 1 aromatic carbocycles. The first-order chi connectivity index (χ1) is 14.4. The molecule has 0 radical (unpaired) electrons. The van der Waals surface area contributed by atoms with Gasteiger partial charge in [-0.2, -0.15) is 0 Å². The van der Waals surface area contributed by atoms with Gasteiger partial charge in [0.25, 0.3) is 0 Å². The van der Waals surface area contributed by atoms with E-state index in [-0.39, 0.29) is 0 Å². The number of benzene rings is 1. The minimum Gasteiger partial charge on any atom is -0.386 e. The summed E-state index contributed by atoms with van der Waals surface area (Å²) in [4.78, 5) is 4.71. The summed E-state index contributed by atoms with van der Waals surface area (Å²) >= 11 is 0. The van der Waals surface area contributed by atoms with Crippen molar-refractivity contribution in [1.29, 1.82) is 0 Å². The van der Waals surface area contributed by atoms with Gasteiger partial charge in [-0.15, -0.1) is 0 Å². The van der Waals surface area contributed by atoms with Crippen LogP contribution in [0.15, 0.2) is 22.8 Å². The molecule has 30 heavy (non-hydrogen) atoms. The average molecular weight is 415 g/mol. The maximum absolute atomic E-state index is 9.97. The summed E-state index contributed by atoms with van der Waals surface area (Å²) in [6, 6.07) is 4.04. The van der Waals surface area contributed by atoms with Crippen molar-refractivity contribution in [2.45, 2.75) is 38.7 Å². The largest absolute Gasteiger partial charge is 0.386 e. The normalized spacial score (nSPS) is 18.5. The third-order valence-corrected chi connectivity index (χ3v) is 6.11. The number of fused-ring (bicyclic) bond motifs is 1. The smallest absolute Gasteiger partial charge is 0.158 e. The Kier molecular flexibility index (Phi) is 6.41. The van der Waals surface area contributed by atoms with Crippen molar-refractivity contribution in [3.8, 4) is 0 Å². The van der Waals surface area contributed by atoms with Gasteiger partial charge in [-0.25, -0.2) is 4.63 Å². The molecule has 1 aliphatic carbocycles. The van der Waals surface area contributed by atoms with Crippen molar-refractivity contribution in [2.24, 2.45) is 11.8 Å². The molecule has 2 fully saturated rings. The van der Waals surface area contributed by atoms with Crippen LogP contribution in [0.1, 0.15) is 38.7 Å². The summed E-state index contributed by atoms with van der Waals surface area (Å²) < 4.78 is 10.8. The standard InChI is InChI=1S/C23H34N4O3/c1-23(2,28)8-7-18-11-20-22(25-30-24-20)21(12-18)27-14-19(15-27)13-26(3)9-10-29-16-17-5-4-6-17/h7-8,11-12,17,19,28H,4-6,9-10,13-16H2,1-3H3/b8-7+. The van der Waals surface area contributed by atoms with E-state index in [1.807, 2.05) is 12.1 Å². The van der Waals surface area contributed by atoms with E-state index in [1.54, 1.807) is 19.9 Å². The average Bonchev–Trinajstić information content (AvgIpc) is 3.08. The van der Waals surface area contributed by atoms with E-state index in [1.165, 1.54) is 19.3 Å². The molecule has 1 saturated heterocycles. The molecule has 0 amide bonds. The first kappa shape index (κ1) is 21.3. The zero-order valence-corrected chi connectivity index (χ0v) is 18.4. The van der Waals surface area contributed by atoms with E-state index in [2.05, 4.69) is 33.2 Å². The summed E-state index contributed by atoms with van der Waals surface area (Å²) in [6.45, 7) is 9.32. The van der Waals surface area contributed by atoms with Gasteiger partial charge < -0.3 is 19.6 Å². The third-order valence-electron chi connectivity index (χ3n) is 6.11. The number of hydrogen-bond acceptors (Lipinski definition) is 7. The van der Waals surface area contributed by atoms with Gasteiger partial charge in [0.1, 0.15) is 5.52 Å². The predicted octanol–water partition coefficient (Wildman–Crippen LogP) is 3.19. The molecule has 1 N–H and O–H groups in total. The van der Waals surface area contributed by atoms with E-state index >= 15 is 0 Å². The molecule has 1 aromatic heterocycles. The molecule has 1 saturated carbocycles. The lowest BCUT2D eigenvalue weighted by molar-refractivity contribution is 0.0558. The molecule has 7 heteroatoms. The van der Waals surface area contributed by atoms with Crippen LogP contribution in [0.4, 0.5) is 5.69 Å². The van der Waals surface area contributed by atoms with Gasteiger partial charge in [0.05, 0.1) is 17.9 Å². The SMILES string of the molecule is CN(CCOCC1CCC1)CC1CN(c2cc(/C=C/C(C)(C)O)cc3nonc23)C1. The molecule has 0 atom stereocenters. The number of hydrogen-bond donors (Lipinski definition) is 1. The Morgan fingerprint density at radius 3 is 2.77 bits per heavy atom. The highest BCUT2D eigenvalue weighted by Gasteiger charge is 2.30. The van der Waals surface area contributed by atoms with Crippen molar-refractivity contribution >= 4 is 22.8 Å². The topological polar surface area (TPSA) is 74.9 Å². The second-order valence-corrected chi connectivity index (χ2v) is 9.56. The fourth-order valence-electron chi connectivity index (χ4n) is 4.08. The van der Waals surface area contributed by atoms with Crippen LogP contribution in [0.25, 0.3) is 17.1 Å². The number of anilines is 1. The fourth-order valence-corrected chi connectivity index (χ4v) is 4.08. The zero-order valence-electron chi connectivity index (χ0n) is 18.4. The maximum Gasteiger partial charge on any atom is 0.158 e. The predicted molar refractivity (Wildman–Crippen MR) is 118 cm³/mol.